The lowest BCUT2D eigenvalue weighted by Crippen LogP contribution is -2.22. The molecular weight excluding hydrogens is 366 g/mol. The minimum atomic E-state index is 0.216. The Morgan fingerprint density at radius 2 is 1.74 bits per heavy atom. The van der Waals surface area contributed by atoms with E-state index in [0.29, 0.717) is 0 Å². The Morgan fingerprint density at radius 1 is 1.05 bits per heavy atom. The molecule has 1 unspecified atom stereocenters. The molecule has 0 amide bonds. The highest BCUT2D eigenvalue weighted by Gasteiger charge is 2.15. The van der Waals surface area contributed by atoms with Gasteiger partial charge in [-0.1, -0.05) is 74.7 Å². The van der Waals surface area contributed by atoms with Crippen LogP contribution in [-0.4, -0.2) is 6.54 Å². The molecule has 0 spiro atoms. The molecule has 2 aromatic rings. The summed E-state index contributed by atoms with van der Waals surface area (Å²) in [7, 11) is 0. The van der Waals surface area contributed by atoms with Gasteiger partial charge in [0.1, 0.15) is 0 Å². The van der Waals surface area contributed by atoms with Gasteiger partial charge in [0.2, 0.25) is 0 Å². The number of nitrogens with one attached hydrogen (secondary N) is 1. The van der Waals surface area contributed by atoms with Crippen LogP contribution in [0.2, 0.25) is 0 Å². The summed E-state index contributed by atoms with van der Waals surface area (Å²) in [5.74, 6) is 0. The molecule has 0 bridgehead atoms. The molecule has 1 nitrogen and oxygen atoms in total. The van der Waals surface area contributed by atoms with E-state index >= 15 is 0 Å². The van der Waals surface area contributed by atoms with Gasteiger partial charge < -0.3 is 5.32 Å². The summed E-state index contributed by atoms with van der Waals surface area (Å²) in [4.78, 5) is 0. The van der Waals surface area contributed by atoms with Crippen molar-refractivity contribution in [1.29, 1.82) is 0 Å². The van der Waals surface area contributed by atoms with Gasteiger partial charge in [-0.25, -0.2) is 0 Å². The number of rotatable bonds is 4. The van der Waals surface area contributed by atoms with E-state index in [1.54, 1.807) is 0 Å². The molecule has 0 saturated heterocycles. The van der Waals surface area contributed by atoms with Crippen molar-refractivity contribution in [2.24, 2.45) is 0 Å². The molecule has 2 rings (SSSR count). The van der Waals surface area contributed by atoms with E-state index in [9.17, 15) is 0 Å². The van der Waals surface area contributed by atoms with Crippen molar-refractivity contribution in [1.82, 2.24) is 5.32 Å². The van der Waals surface area contributed by atoms with Crippen molar-refractivity contribution in [3.8, 4) is 0 Å². The summed E-state index contributed by atoms with van der Waals surface area (Å²) in [6, 6.07) is 15.2. The van der Waals surface area contributed by atoms with Crippen LogP contribution in [0.5, 0.6) is 0 Å². The zero-order valence-corrected chi connectivity index (χ0v) is 14.3. The molecule has 2 aromatic carbocycles. The maximum Gasteiger partial charge on any atom is 0.0587 e. The summed E-state index contributed by atoms with van der Waals surface area (Å²) < 4.78 is 2.20. The van der Waals surface area contributed by atoms with Gasteiger partial charge in [-0.15, -0.1) is 0 Å². The fourth-order valence-corrected chi connectivity index (χ4v) is 3.38. The Bertz CT molecular complexity index is 549. The van der Waals surface area contributed by atoms with Crippen molar-refractivity contribution in [2.45, 2.75) is 19.9 Å². The van der Waals surface area contributed by atoms with E-state index in [2.05, 4.69) is 93.5 Å². The van der Waals surface area contributed by atoms with Gasteiger partial charge in [-0.2, -0.15) is 0 Å². The molecule has 100 valence electrons. The summed E-state index contributed by atoms with van der Waals surface area (Å²) >= 11 is 7.16. The first-order chi connectivity index (χ1) is 9.11. The van der Waals surface area contributed by atoms with Gasteiger partial charge in [-0.05, 0) is 36.7 Å². The van der Waals surface area contributed by atoms with E-state index in [1.807, 2.05) is 0 Å². The predicted molar refractivity (Wildman–Crippen MR) is 88.5 cm³/mol. The maximum absolute atomic E-state index is 3.66. The number of hydrogen-bond acceptors (Lipinski definition) is 1. The number of aryl methyl sites for hydroxylation is 1. The minimum absolute atomic E-state index is 0.216. The highest BCUT2D eigenvalue weighted by atomic mass is 79.9. The second-order valence-corrected chi connectivity index (χ2v) is 6.34. The van der Waals surface area contributed by atoms with E-state index in [4.69, 9.17) is 0 Å². The highest BCUT2D eigenvalue weighted by Crippen LogP contribution is 2.31. The lowest BCUT2D eigenvalue weighted by atomic mass is 9.98. The van der Waals surface area contributed by atoms with Gasteiger partial charge in [0.05, 0.1) is 6.04 Å². The summed E-state index contributed by atoms with van der Waals surface area (Å²) in [5, 5.41) is 3.55. The number of hydrogen-bond donors (Lipinski definition) is 1. The molecule has 0 aliphatic rings. The van der Waals surface area contributed by atoms with Gasteiger partial charge in [0, 0.05) is 8.95 Å². The third-order valence-corrected chi connectivity index (χ3v) is 4.27. The Balaban J connectivity index is 2.41. The van der Waals surface area contributed by atoms with Gasteiger partial charge in [0.25, 0.3) is 0 Å². The fourth-order valence-electron chi connectivity index (χ4n) is 2.11. The summed E-state index contributed by atoms with van der Waals surface area (Å²) in [5.41, 5.74) is 3.83. The third kappa shape index (κ3) is 3.68. The lowest BCUT2D eigenvalue weighted by Gasteiger charge is -2.20. The highest BCUT2D eigenvalue weighted by molar-refractivity contribution is 9.11. The predicted octanol–water partition coefficient (Wildman–Crippen LogP) is 5.22. The van der Waals surface area contributed by atoms with Crippen LogP contribution >= 0.6 is 31.9 Å². The molecular formula is C16H17Br2N. The van der Waals surface area contributed by atoms with Gasteiger partial charge in [-0.3, -0.25) is 0 Å². The molecule has 0 saturated carbocycles. The third-order valence-electron chi connectivity index (χ3n) is 3.09. The molecule has 3 heteroatoms. The van der Waals surface area contributed by atoms with Gasteiger partial charge >= 0.3 is 0 Å². The van der Waals surface area contributed by atoms with E-state index in [1.165, 1.54) is 16.7 Å². The molecule has 0 fully saturated rings. The van der Waals surface area contributed by atoms with Crippen molar-refractivity contribution >= 4 is 31.9 Å². The van der Waals surface area contributed by atoms with Crippen molar-refractivity contribution in [3.05, 3.63) is 68.1 Å². The van der Waals surface area contributed by atoms with Crippen LogP contribution in [0.4, 0.5) is 0 Å². The van der Waals surface area contributed by atoms with E-state index in [-0.39, 0.29) is 6.04 Å². The van der Waals surface area contributed by atoms with Crippen molar-refractivity contribution in [2.75, 3.05) is 6.54 Å². The van der Waals surface area contributed by atoms with E-state index in [0.717, 1.165) is 15.5 Å². The quantitative estimate of drug-likeness (QED) is 0.764. The van der Waals surface area contributed by atoms with Gasteiger partial charge in [0.15, 0.2) is 0 Å². The first kappa shape index (κ1) is 14.8. The van der Waals surface area contributed by atoms with Crippen molar-refractivity contribution in [3.63, 3.8) is 0 Å². The zero-order valence-electron chi connectivity index (χ0n) is 11.1. The molecule has 1 atom stereocenters. The molecule has 0 aliphatic carbocycles. The molecule has 0 heterocycles. The maximum atomic E-state index is 3.66. The van der Waals surface area contributed by atoms with Crippen LogP contribution in [-0.2, 0) is 0 Å². The van der Waals surface area contributed by atoms with Crippen LogP contribution in [0.1, 0.15) is 29.7 Å². The second-order valence-electron chi connectivity index (χ2n) is 4.57. The largest absolute Gasteiger partial charge is 0.306 e. The SMILES string of the molecule is CCNC(c1ccc(C)cc1)c1ccc(Br)cc1Br. The Hall–Kier alpha value is -0.640. The standard InChI is InChI=1S/C16H17Br2N/c1-3-19-16(12-6-4-11(2)5-7-12)14-9-8-13(17)10-15(14)18/h4-10,16,19H,3H2,1-2H3. The molecule has 19 heavy (non-hydrogen) atoms. The summed E-state index contributed by atoms with van der Waals surface area (Å²) in [6.45, 7) is 5.18. The molecule has 1 N–H and O–H groups in total. The Labute approximate surface area is 131 Å². The Morgan fingerprint density at radius 3 is 2.32 bits per heavy atom. The summed E-state index contributed by atoms with van der Waals surface area (Å²) in [6.07, 6.45) is 0. The first-order valence-electron chi connectivity index (χ1n) is 6.36. The number of halogens is 2. The monoisotopic (exact) mass is 381 g/mol. The minimum Gasteiger partial charge on any atom is -0.306 e. The van der Waals surface area contributed by atoms with Crippen LogP contribution in [0.15, 0.2) is 51.4 Å². The lowest BCUT2D eigenvalue weighted by molar-refractivity contribution is 0.628. The van der Waals surface area contributed by atoms with Crippen LogP contribution in [0.3, 0.4) is 0 Å². The van der Waals surface area contributed by atoms with Crippen LogP contribution < -0.4 is 5.32 Å². The zero-order chi connectivity index (χ0) is 13.8. The normalized spacial score (nSPS) is 12.4. The molecule has 0 aliphatic heterocycles. The Kier molecular flexibility index (Phi) is 5.20. The molecule has 0 aromatic heterocycles. The number of benzene rings is 2. The average molecular weight is 383 g/mol. The van der Waals surface area contributed by atoms with E-state index < -0.39 is 0 Å². The first-order valence-corrected chi connectivity index (χ1v) is 7.95. The van der Waals surface area contributed by atoms with Crippen LogP contribution in [0.25, 0.3) is 0 Å². The second kappa shape index (κ2) is 6.69. The topological polar surface area (TPSA) is 12.0 Å². The smallest absolute Gasteiger partial charge is 0.0587 e. The molecule has 0 radical (unpaired) electrons. The average Bonchev–Trinajstić information content (AvgIpc) is 2.38. The van der Waals surface area contributed by atoms with Crippen molar-refractivity contribution < 1.29 is 0 Å². The van der Waals surface area contributed by atoms with Crippen LogP contribution in [0, 0.1) is 6.92 Å². The fraction of sp³-hybridized carbons (Fsp3) is 0.250.